The van der Waals surface area contributed by atoms with Crippen LogP contribution in [0.15, 0.2) is 23.8 Å². The van der Waals surface area contributed by atoms with Crippen molar-refractivity contribution in [3.63, 3.8) is 0 Å². The van der Waals surface area contributed by atoms with E-state index in [9.17, 15) is 9.59 Å². The number of Topliss-reactive ketones (excluding diaryl/α,β-unsaturated/α-hetero) is 2. The molecular weight excluding hydrogens is 180 g/mol. The molecule has 1 rings (SSSR count). The van der Waals surface area contributed by atoms with Crippen LogP contribution in [0, 0.1) is 0 Å². The van der Waals surface area contributed by atoms with Gasteiger partial charge in [0.15, 0.2) is 11.6 Å². The third-order valence-electron chi connectivity index (χ3n) is 2.49. The first-order valence-corrected chi connectivity index (χ1v) is 4.40. The molecule has 1 unspecified atom stereocenters. The first-order valence-electron chi connectivity index (χ1n) is 4.40. The highest BCUT2D eigenvalue weighted by Gasteiger charge is 2.34. The van der Waals surface area contributed by atoms with Crippen LogP contribution in [0.2, 0.25) is 0 Å². The van der Waals surface area contributed by atoms with Gasteiger partial charge in [-0.15, -0.1) is 0 Å². The van der Waals surface area contributed by atoms with Crippen molar-refractivity contribution in [2.45, 2.75) is 25.8 Å². The van der Waals surface area contributed by atoms with Gasteiger partial charge in [-0.05, 0) is 19.4 Å². The molecule has 0 aromatic heterocycles. The highest BCUT2D eigenvalue weighted by atomic mass is 16.1. The predicted octanol–water partition coefficient (Wildman–Crippen LogP) is 0.253. The average molecular weight is 194 g/mol. The van der Waals surface area contributed by atoms with Gasteiger partial charge in [-0.25, -0.2) is 5.43 Å². The lowest BCUT2D eigenvalue weighted by Gasteiger charge is -2.29. The minimum atomic E-state index is -0.907. The van der Waals surface area contributed by atoms with Crippen molar-refractivity contribution in [1.29, 1.82) is 0 Å². The lowest BCUT2D eigenvalue weighted by molar-refractivity contribution is -0.121. The summed E-state index contributed by atoms with van der Waals surface area (Å²) < 4.78 is 0. The largest absolute Gasteiger partial charge is 0.297 e. The fraction of sp³-hybridized carbons (Fsp3) is 0.400. The summed E-state index contributed by atoms with van der Waals surface area (Å²) in [7, 11) is 0. The highest BCUT2D eigenvalue weighted by Crippen LogP contribution is 2.23. The summed E-state index contributed by atoms with van der Waals surface area (Å²) in [6.07, 6.45) is 5.40. The van der Waals surface area contributed by atoms with E-state index in [4.69, 9.17) is 5.84 Å². The molecule has 1 atom stereocenters. The smallest absolute Gasteiger partial charge is 0.155 e. The predicted molar refractivity (Wildman–Crippen MR) is 53.3 cm³/mol. The zero-order valence-electron chi connectivity index (χ0n) is 8.33. The second-order valence-electron chi connectivity index (χ2n) is 3.46. The molecule has 0 saturated carbocycles. The average Bonchev–Trinajstić information content (AvgIpc) is 2.17. The topological polar surface area (TPSA) is 72.2 Å². The van der Waals surface area contributed by atoms with E-state index in [0.717, 1.165) is 0 Å². The zero-order chi connectivity index (χ0) is 10.8. The maximum absolute atomic E-state index is 11.4. The van der Waals surface area contributed by atoms with Crippen molar-refractivity contribution in [2.75, 3.05) is 0 Å². The quantitative estimate of drug-likeness (QED) is 0.499. The van der Waals surface area contributed by atoms with Gasteiger partial charge in [0.2, 0.25) is 0 Å². The van der Waals surface area contributed by atoms with Gasteiger partial charge >= 0.3 is 0 Å². The Morgan fingerprint density at radius 2 is 2.14 bits per heavy atom. The molecular formula is C10H14N2O2. The van der Waals surface area contributed by atoms with Gasteiger partial charge in [0.05, 0.1) is 0 Å². The fourth-order valence-corrected chi connectivity index (χ4v) is 1.43. The number of hydrazine groups is 1. The van der Waals surface area contributed by atoms with Crippen LogP contribution in [-0.2, 0) is 9.59 Å². The van der Waals surface area contributed by atoms with Crippen LogP contribution in [-0.4, -0.2) is 17.1 Å². The summed E-state index contributed by atoms with van der Waals surface area (Å²) in [5, 5.41) is 0. The number of rotatable bonds is 3. The maximum Gasteiger partial charge on any atom is 0.155 e. The summed E-state index contributed by atoms with van der Waals surface area (Å²) in [5.41, 5.74) is 2.18. The second kappa shape index (κ2) is 3.86. The van der Waals surface area contributed by atoms with Gasteiger partial charge in [-0.2, -0.15) is 0 Å². The lowest BCUT2D eigenvalue weighted by atomic mass is 9.83. The molecule has 1 aliphatic carbocycles. The number of hydrogen-bond donors (Lipinski definition) is 2. The molecule has 4 heteroatoms. The van der Waals surface area contributed by atoms with E-state index in [-0.39, 0.29) is 11.6 Å². The van der Waals surface area contributed by atoms with E-state index in [2.05, 4.69) is 5.43 Å². The molecule has 0 aromatic carbocycles. The van der Waals surface area contributed by atoms with Crippen LogP contribution in [0.5, 0.6) is 0 Å². The Hall–Kier alpha value is -1.26. The number of allylic oxidation sites excluding steroid dienone is 2. The molecule has 0 spiro atoms. The minimum absolute atomic E-state index is 0.0322. The third-order valence-corrected chi connectivity index (χ3v) is 2.49. The van der Waals surface area contributed by atoms with Crippen molar-refractivity contribution in [2.24, 2.45) is 5.84 Å². The van der Waals surface area contributed by atoms with E-state index in [0.29, 0.717) is 12.0 Å². The van der Waals surface area contributed by atoms with Crippen LogP contribution in [0.3, 0.4) is 0 Å². The Balaban J connectivity index is 2.98. The number of ketones is 2. The number of nitrogens with one attached hydrogen (secondary N) is 1. The van der Waals surface area contributed by atoms with E-state index in [1.54, 1.807) is 18.2 Å². The second-order valence-corrected chi connectivity index (χ2v) is 3.46. The number of hydrogen-bond acceptors (Lipinski definition) is 4. The van der Waals surface area contributed by atoms with Gasteiger partial charge in [-0.3, -0.25) is 15.4 Å². The van der Waals surface area contributed by atoms with Crippen LogP contribution >= 0.6 is 0 Å². The molecule has 4 nitrogen and oxygen atoms in total. The van der Waals surface area contributed by atoms with Crippen molar-refractivity contribution >= 4 is 11.6 Å². The number of carbonyl (C=O) groups is 2. The molecule has 0 amide bonds. The zero-order valence-corrected chi connectivity index (χ0v) is 8.33. The summed E-state index contributed by atoms with van der Waals surface area (Å²) >= 11 is 0. The van der Waals surface area contributed by atoms with Gasteiger partial charge in [0.1, 0.15) is 5.54 Å². The van der Waals surface area contributed by atoms with Gasteiger partial charge in [0, 0.05) is 6.42 Å². The summed E-state index contributed by atoms with van der Waals surface area (Å²) in [4.78, 5) is 22.5. The lowest BCUT2D eigenvalue weighted by Crippen LogP contribution is -2.54. The molecule has 0 bridgehead atoms. The fourth-order valence-electron chi connectivity index (χ4n) is 1.43. The van der Waals surface area contributed by atoms with E-state index >= 15 is 0 Å². The van der Waals surface area contributed by atoms with Crippen LogP contribution in [0.1, 0.15) is 20.3 Å². The van der Waals surface area contributed by atoms with Crippen molar-refractivity contribution < 1.29 is 9.59 Å². The maximum atomic E-state index is 11.4. The first-order chi connectivity index (χ1) is 6.52. The van der Waals surface area contributed by atoms with E-state index in [1.807, 2.05) is 0 Å². The van der Waals surface area contributed by atoms with Crippen molar-refractivity contribution in [3.05, 3.63) is 23.8 Å². The van der Waals surface area contributed by atoms with Gasteiger partial charge in [-0.1, -0.05) is 18.2 Å². The SMILES string of the molecule is CC(=O)C1=CC=CC(NN)(C(C)=O)C1. The molecule has 0 fully saturated rings. The molecule has 0 aliphatic heterocycles. The summed E-state index contributed by atoms with van der Waals surface area (Å²) in [5.74, 6) is 5.21. The first kappa shape index (κ1) is 10.8. The van der Waals surface area contributed by atoms with Gasteiger partial charge in [0.25, 0.3) is 0 Å². The Morgan fingerprint density at radius 3 is 2.57 bits per heavy atom. The molecule has 0 saturated heterocycles. The monoisotopic (exact) mass is 194 g/mol. The number of carbonyl (C=O) groups excluding carboxylic acids is 2. The Kier molecular flexibility index (Phi) is 2.98. The molecule has 14 heavy (non-hydrogen) atoms. The molecule has 0 radical (unpaired) electrons. The number of nitrogens with two attached hydrogens (primary N) is 1. The molecule has 0 aromatic rings. The summed E-state index contributed by atoms with van der Waals surface area (Å²) in [6, 6.07) is 0. The van der Waals surface area contributed by atoms with Crippen molar-refractivity contribution in [3.8, 4) is 0 Å². The van der Waals surface area contributed by atoms with Crippen LogP contribution < -0.4 is 11.3 Å². The van der Waals surface area contributed by atoms with E-state index in [1.165, 1.54) is 13.8 Å². The Bertz CT molecular complexity index is 331. The van der Waals surface area contributed by atoms with Crippen LogP contribution in [0.4, 0.5) is 0 Å². The van der Waals surface area contributed by atoms with Crippen LogP contribution in [0.25, 0.3) is 0 Å². The molecule has 76 valence electrons. The Labute approximate surface area is 82.8 Å². The highest BCUT2D eigenvalue weighted by molar-refractivity contribution is 5.97. The molecule has 3 N–H and O–H groups in total. The molecule has 0 heterocycles. The minimum Gasteiger partial charge on any atom is -0.297 e. The molecule has 1 aliphatic rings. The summed E-state index contributed by atoms with van der Waals surface area (Å²) in [6.45, 7) is 2.93. The Morgan fingerprint density at radius 1 is 1.50 bits per heavy atom. The van der Waals surface area contributed by atoms with Gasteiger partial charge < -0.3 is 0 Å². The third kappa shape index (κ3) is 1.81. The van der Waals surface area contributed by atoms with Crippen molar-refractivity contribution in [1.82, 2.24) is 5.43 Å². The standard InChI is InChI=1S/C10H14N2O2/c1-7(13)9-4-3-5-10(6-9,12-11)8(2)14/h3-5,12H,6,11H2,1-2H3. The van der Waals surface area contributed by atoms with E-state index < -0.39 is 5.54 Å². The normalized spacial score (nSPS) is 25.8.